The number of thioether (sulfide) groups is 1. The second-order valence-electron chi connectivity index (χ2n) is 5.87. The van der Waals surface area contributed by atoms with Crippen LogP contribution in [0.2, 0.25) is 0 Å². The van der Waals surface area contributed by atoms with Crippen LogP contribution in [0.5, 0.6) is 0 Å². The Labute approximate surface area is 149 Å². The highest BCUT2D eigenvalue weighted by molar-refractivity contribution is 8.14. The molecule has 1 unspecified atom stereocenters. The molecular formula is C17H17N5O2S. The summed E-state index contributed by atoms with van der Waals surface area (Å²) >= 11 is 1.40. The Balaban J connectivity index is 1.90. The summed E-state index contributed by atoms with van der Waals surface area (Å²) < 4.78 is 0. The van der Waals surface area contributed by atoms with Gasteiger partial charge in [-0.1, -0.05) is 25.6 Å². The highest BCUT2D eigenvalue weighted by Gasteiger charge is 2.21. The van der Waals surface area contributed by atoms with Gasteiger partial charge in [-0.05, 0) is 24.1 Å². The second kappa shape index (κ2) is 7.02. The van der Waals surface area contributed by atoms with E-state index in [2.05, 4.69) is 28.8 Å². The lowest BCUT2D eigenvalue weighted by molar-refractivity contribution is -0.384. The Hall–Kier alpha value is -2.74. The molecule has 2 N–H and O–H groups in total. The minimum Gasteiger partial charge on any atom is -0.378 e. The zero-order valence-electron chi connectivity index (χ0n) is 13.8. The molecule has 0 saturated heterocycles. The van der Waals surface area contributed by atoms with Crippen molar-refractivity contribution in [1.29, 1.82) is 0 Å². The molecule has 2 heterocycles. The molecular weight excluding hydrogens is 338 g/mol. The van der Waals surface area contributed by atoms with Gasteiger partial charge in [-0.2, -0.15) is 0 Å². The predicted molar refractivity (Wildman–Crippen MR) is 99.1 cm³/mol. The average molecular weight is 355 g/mol. The third kappa shape index (κ3) is 3.85. The SMILES string of the molecule is CC(C)c1cnc(C2C=C(c3ccc([N+](=O)[O-])cc3)N=C(N)S2)cn1. The molecule has 1 aliphatic heterocycles. The number of nitrogens with two attached hydrogens (primary N) is 1. The van der Waals surface area contributed by atoms with E-state index in [1.807, 2.05) is 6.08 Å². The van der Waals surface area contributed by atoms with E-state index in [1.54, 1.807) is 24.5 Å². The van der Waals surface area contributed by atoms with Gasteiger partial charge in [0.2, 0.25) is 0 Å². The van der Waals surface area contributed by atoms with Crippen LogP contribution >= 0.6 is 11.8 Å². The van der Waals surface area contributed by atoms with Crippen LogP contribution in [0.15, 0.2) is 47.7 Å². The molecule has 1 aliphatic rings. The number of hydrogen-bond acceptors (Lipinski definition) is 7. The maximum atomic E-state index is 10.8. The number of aromatic nitrogens is 2. The van der Waals surface area contributed by atoms with Gasteiger partial charge in [-0.3, -0.25) is 20.1 Å². The highest BCUT2D eigenvalue weighted by Crippen LogP contribution is 2.37. The number of nitrogens with zero attached hydrogens (tertiary/aromatic N) is 4. The smallest absolute Gasteiger partial charge is 0.269 e. The van der Waals surface area contributed by atoms with E-state index < -0.39 is 4.92 Å². The van der Waals surface area contributed by atoms with E-state index in [-0.39, 0.29) is 10.9 Å². The molecule has 0 fully saturated rings. The van der Waals surface area contributed by atoms with Gasteiger partial charge in [0.05, 0.1) is 33.5 Å². The number of rotatable bonds is 4. The Kier molecular flexibility index (Phi) is 4.80. The summed E-state index contributed by atoms with van der Waals surface area (Å²) in [5.74, 6) is 0.318. The molecule has 25 heavy (non-hydrogen) atoms. The third-order valence-corrected chi connectivity index (χ3v) is 4.70. The van der Waals surface area contributed by atoms with Crippen LogP contribution in [-0.2, 0) is 0 Å². The molecule has 128 valence electrons. The summed E-state index contributed by atoms with van der Waals surface area (Å²) in [6.45, 7) is 4.13. The molecule has 0 amide bonds. The summed E-state index contributed by atoms with van der Waals surface area (Å²) in [7, 11) is 0. The quantitative estimate of drug-likeness (QED) is 0.662. The fourth-order valence-electron chi connectivity index (χ4n) is 2.34. The van der Waals surface area contributed by atoms with Crippen molar-refractivity contribution in [2.24, 2.45) is 10.7 Å². The van der Waals surface area contributed by atoms with Crippen LogP contribution in [0.4, 0.5) is 5.69 Å². The minimum absolute atomic E-state index is 0.0400. The highest BCUT2D eigenvalue weighted by atomic mass is 32.2. The van der Waals surface area contributed by atoms with Gasteiger partial charge in [-0.15, -0.1) is 0 Å². The van der Waals surface area contributed by atoms with Crippen LogP contribution in [0, 0.1) is 10.1 Å². The molecule has 0 aliphatic carbocycles. The number of nitro groups is 1. The molecule has 1 atom stereocenters. The van der Waals surface area contributed by atoms with Crippen molar-refractivity contribution < 1.29 is 4.92 Å². The Morgan fingerprint density at radius 1 is 1.20 bits per heavy atom. The fraction of sp³-hybridized carbons (Fsp3) is 0.235. The lowest BCUT2D eigenvalue weighted by Gasteiger charge is -2.18. The van der Waals surface area contributed by atoms with Gasteiger partial charge >= 0.3 is 0 Å². The van der Waals surface area contributed by atoms with Crippen molar-refractivity contribution >= 4 is 28.3 Å². The Morgan fingerprint density at radius 2 is 1.92 bits per heavy atom. The van der Waals surface area contributed by atoms with E-state index in [1.165, 1.54) is 23.9 Å². The molecule has 7 nitrogen and oxygen atoms in total. The minimum atomic E-state index is -0.429. The van der Waals surface area contributed by atoms with Gasteiger partial charge in [0.15, 0.2) is 5.17 Å². The van der Waals surface area contributed by atoms with Crippen LogP contribution in [0.3, 0.4) is 0 Å². The van der Waals surface area contributed by atoms with Gasteiger partial charge in [0, 0.05) is 23.9 Å². The summed E-state index contributed by atoms with van der Waals surface area (Å²) in [4.78, 5) is 23.6. The van der Waals surface area contributed by atoms with E-state index in [4.69, 9.17) is 5.73 Å². The van der Waals surface area contributed by atoms with Crippen molar-refractivity contribution in [3.63, 3.8) is 0 Å². The number of non-ortho nitro benzene ring substituents is 1. The maximum Gasteiger partial charge on any atom is 0.269 e. The van der Waals surface area contributed by atoms with Gasteiger partial charge in [0.1, 0.15) is 0 Å². The first kappa shape index (κ1) is 17.1. The molecule has 0 saturated carbocycles. The van der Waals surface area contributed by atoms with Crippen LogP contribution in [0.1, 0.15) is 42.0 Å². The number of benzene rings is 1. The molecule has 3 rings (SSSR count). The monoisotopic (exact) mass is 355 g/mol. The first-order chi connectivity index (χ1) is 11.9. The first-order valence-electron chi connectivity index (χ1n) is 7.73. The first-order valence-corrected chi connectivity index (χ1v) is 8.61. The van der Waals surface area contributed by atoms with Gasteiger partial charge in [-0.25, -0.2) is 4.99 Å². The molecule has 1 aromatic carbocycles. The largest absolute Gasteiger partial charge is 0.378 e. The molecule has 0 bridgehead atoms. The lowest BCUT2D eigenvalue weighted by Crippen LogP contribution is -2.14. The summed E-state index contributed by atoms with van der Waals surface area (Å²) in [5.41, 5.74) is 9.18. The Morgan fingerprint density at radius 3 is 2.48 bits per heavy atom. The summed E-state index contributed by atoms with van der Waals surface area (Å²) in [6.07, 6.45) is 5.48. The second-order valence-corrected chi connectivity index (χ2v) is 7.03. The number of hydrogen-bond donors (Lipinski definition) is 1. The maximum absolute atomic E-state index is 10.8. The van der Waals surface area contributed by atoms with Crippen molar-refractivity contribution in [2.75, 3.05) is 0 Å². The van der Waals surface area contributed by atoms with E-state index in [9.17, 15) is 10.1 Å². The van der Waals surface area contributed by atoms with Crippen LogP contribution in [0.25, 0.3) is 5.70 Å². The van der Waals surface area contributed by atoms with E-state index in [0.717, 1.165) is 17.0 Å². The third-order valence-electron chi connectivity index (χ3n) is 3.74. The van der Waals surface area contributed by atoms with Crippen molar-refractivity contribution in [3.05, 3.63) is 69.8 Å². The van der Waals surface area contributed by atoms with Crippen molar-refractivity contribution in [1.82, 2.24) is 9.97 Å². The molecule has 1 aromatic heterocycles. The van der Waals surface area contributed by atoms with Crippen LogP contribution in [-0.4, -0.2) is 20.1 Å². The topological polar surface area (TPSA) is 107 Å². The Bertz CT molecular complexity index is 844. The average Bonchev–Trinajstić information content (AvgIpc) is 2.61. The lowest BCUT2D eigenvalue weighted by atomic mass is 10.1. The van der Waals surface area contributed by atoms with Crippen molar-refractivity contribution in [2.45, 2.75) is 25.0 Å². The zero-order valence-corrected chi connectivity index (χ0v) is 14.6. The summed E-state index contributed by atoms with van der Waals surface area (Å²) in [6, 6.07) is 6.24. The molecule has 0 spiro atoms. The predicted octanol–water partition coefficient (Wildman–Crippen LogP) is 3.65. The molecule has 2 aromatic rings. The number of nitro benzene ring substituents is 1. The standard InChI is InChI=1S/C17H17N5O2S/c1-10(2)14-8-20-15(9-19-14)16-7-13(21-17(18)25-16)11-3-5-12(6-4-11)22(23)24/h3-10,16H,1-2H3,(H2,18,21). The van der Waals surface area contributed by atoms with Gasteiger partial charge in [0.25, 0.3) is 5.69 Å². The van der Waals surface area contributed by atoms with E-state index >= 15 is 0 Å². The van der Waals surface area contributed by atoms with Crippen LogP contribution < -0.4 is 5.73 Å². The van der Waals surface area contributed by atoms with E-state index in [0.29, 0.717) is 16.8 Å². The molecule has 8 heteroatoms. The fourth-order valence-corrected chi connectivity index (χ4v) is 3.19. The van der Waals surface area contributed by atoms with Gasteiger partial charge < -0.3 is 5.73 Å². The van der Waals surface area contributed by atoms with Crippen molar-refractivity contribution in [3.8, 4) is 0 Å². The zero-order chi connectivity index (χ0) is 18.0. The molecule has 0 radical (unpaired) electrons. The summed E-state index contributed by atoms with van der Waals surface area (Å²) in [5, 5.41) is 11.1. The number of aliphatic imine (C=N–C) groups is 1. The normalized spacial score (nSPS) is 17.2. The number of amidine groups is 1.